The molecule has 1 amide bonds. The first-order valence-electron chi connectivity index (χ1n) is 9.57. The Morgan fingerprint density at radius 1 is 1.00 bits per heavy atom. The fraction of sp³-hybridized carbons (Fsp3) is 0.632. The molecule has 2 aliphatic rings. The van der Waals surface area contributed by atoms with Crippen LogP contribution in [0.15, 0.2) is 29.2 Å². The molecule has 0 aliphatic carbocycles. The Morgan fingerprint density at radius 2 is 1.58 bits per heavy atom. The van der Waals surface area contributed by atoms with Gasteiger partial charge in [-0.25, -0.2) is 8.42 Å². The number of rotatable bonds is 5. The normalized spacial score (nSPS) is 21.1. The van der Waals surface area contributed by atoms with E-state index in [9.17, 15) is 13.2 Å². The molecule has 144 valence electrons. The minimum atomic E-state index is -3.42. The van der Waals surface area contributed by atoms with Gasteiger partial charge in [0.15, 0.2) is 0 Å². The molecule has 2 heterocycles. The quantitative estimate of drug-likeness (QED) is 0.785. The van der Waals surface area contributed by atoms with Gasteiger partial charge in [-0.3, -0.25) is 9.69 Å². The molecule has 2 aliphatic heterocycles. The molecular weight excluding hydrogens is 350 g/mol. The van der Waals surface area contributed by atoms with Gasteiger partial charge in [-0.2, -0.15) is 4.31 Å². The summed E-state index contributed by atoms with van der Waals surface area (Å²) < 4.78 is 26.7. The highest BCUT2D eigenvalue weighted by Crippen LogP contribution is 2.21. The van der Waals surface area contributed by atoms with E-state index < -0.39 is 10.0 Å². The second-order valence-corrected chi connectivity index (χ2v) is 9.16. The van der Waals surface area contributed by atoms with E-state index in [1.165, 1.54) is 4.31 Å². The Bertz CT molecular complexity index is 719. The van der Waals surface area contributed by atoms with Gasteiger partial charge in [0.1, 0.15) is 0 Å². The average molecular weight is 380 g/mol. The molecule has 0 aromatic heterocycles. The number of hydrogen-bond donors (Lipinski definition) is 0. The summed E-state index contributed by atoms with van der Waals surface area (Å²) in [7, 11) is -3.42. The van der Waals surface area contributed by atoms with Crippen molar-refractivity contribution >= 4 is 15.9 Å². The highest BCUT2D eigenvalue weighted by atomic mass is 32.2. The average Bonchev–Trinajstić information content (AvgIpc) is 3.23. The van der Waals surface area contributed by atoms with Gasteiger partial charge >= 0.3 is 0 Å². The molecule has 26 heavy (non-hydrogen) atoms. The molecule has 0 N–H and O–H groups in total. The van der Waals surface area contributed by atoms with E-state index in [0.29, 0.717) is 24.7 Å². The molecule has 1 aromatic rings. The molecule has 7 heteroatoms. The predicted octanol–water partition coefficient (Wildman–Crippen LogP) is 2.03. The van der Waals surface area contributed by atoms with Gasteiger partial charge in [0.2, 0.25) is 10.0 Å². The summed E-state index contributed by atoms with van der Waals surface area (Å²) in [6.07, 6.45) is 2.94. The molecule has 0 radical (unpaired) electrons. The van der Waals surface area contributed by atoms with Crippen molar-refractivity contribution in [2.24, 2.45) is 0 Å². The zero-order chi connectivity index (χ0) is 18.7. The van der Waals surface area contributed by atoms with Crippen LogP contribution in [0.25, 0.3) is 0 Å². The van der Waals surface area contributed by atoms with Gasteiger partial charge in [-0.1, -0.05) is 6.92 Å². The molecule has 1 unspecified atom stereocenters. The minimum Gasteiger partial charge on any atom is -0.336 e. The van der Waals surface area contributed by atoms with Crippen LogP contribution in [0, 0.1) is 0 Å². The fourth-order valence-electron chi connectivity index (χ4n) is 3.65. The van der Waals surface area contributed by atoms with Gasteiger partial charge in [-0.15, -0.1) is 0 Å². The van der Waals surface area contributed by atoms with Crippen LogP contribution < -0.4 is 0 Å². The lowest BCUT2D eigenvalue weighted by Gasteiger charge is -2.37. The molecule has 0 bridgehead atoms. The molecular formula is C19H29N3O3S. The van der Waals surface area contributed by atoms with E-state index in [0.717, 1.165) is 45.4 Å². The van der Waals surface area contributed by atoms with Crippen molar-refractivity contribution in [2.75, 3.05) is 39.3 Å². The lowest BCUT2D eigenvalue weighted by atomic mass is 10.1. The first-order chi connectivity index (χ1) is 12.4. The number of nitrogens with zero attached hydrogens (tertiary/aromatic N) is 3. The summed E-state index contributed by atoms with van der Waals surface area (Å²) in [5, 5.41) is 0. The van der Waals surface area contributed by atoms with Crippen LogP contribution >= 0.6 is 0 Å². The molecule has 2 saturated heterocycles. The van der Waals surface area contributed by atoms with E-state index >= 15 is 0 Å². The standard InChI is InChI=1S/C19H29N3O3S/c1-3-16(2)20-12-14-21(15-13-20)19(23)17-6-8-18(9-7-17)26(24,25)22-10-4-5-11-22/h6-9,16H,3-5,10-15H2,1-2H3. The van der Waals surface area contributed by atoms with Crippen LogP contribution in [0.3, 0.4) is 0 Å². The Balaban J connectivity index is 1.64. The number of carbonyl (C=O) groups excluding carboxylic acids is 1. The van der Waals surface area contributed by atoms with E-state index in [1.54, 1.807) is 24.3 Å². The van der Waals surface area contributed by atoms with Gasteiger partial charge in [0.05, 0.1) is 4.90 Å². The zero-order valence-corrected chi connectivity index (χ0v) is 16.5. The number of sulfonamides is 1. The van der Waals surface area contributed by atoms with E-state index in [4.69, 9.17) is 0 Å². The Hall–Kier alpha value is -1.44. The smallest absolute Gasteiger partial charge is 0.253 e. The van der Waals surface area contributed by atoms with Crippen LogP contribution in [0.4, 0.5) is 0 Å². The van der Waals surface area contributed by atoms with Gasteiger partial charge < -0.3 is 4.90 Å². The van der Waals surface area contributed by atoms with Crippen molar-refractivity contribution in [1.29, 1.82) is 0 Å². The largest absolute Gasteiger partial charge is 0.336 e. The summed E-state index contributed by atoms with van der Waals surface area (Å²) in [6, 6.07) is 6.97. The maximum Gasteiger partial charge on any atom is 0.253 e. The van der Waals surface area contributed by atoms with Crippen LogP contribution in [0.2, 0.25) is 0 Å². The number of benzene rings is 1. The molecule has 0 saturated carbocycles. The SMILES string of the molecule is CCC(C)N1CCN(C(=O)c2ccc(S(=O)(=O)N3CCCC3)cc2)CC1. The van der Waals surface area contributed by atoms with Crippen molar-refractivity contribution in [2.45, 2.75) is 44.0 Å². The lowest BCUT2D eigenvalue weighted by Crippen LogP contribution is -2.51. The topological polar surface area (TPSA) is 60.9 Å². The first kappa shape index (κ1) is 19.3. The number of amides is 1. The summed E-state index contributed by atoms with van der Waals surface area (Å²) in [6.45, 7) is 8.79. The number of hydrogen-bond acceptors (Lipinski definition) is 4. The Labute approximate surface area is 156 Å². The van der Waals surface area contributed by atoms with Crippen molar-refractivity contribution in [3.05, 3.63) is 29.8 Å². The van der Waals surface area contributed by atoms with Crippen molar-refractivity contribution in [1.82, 2.24) is 14.1 Å². The van der Waals surface area contributed by atoms with Crippen molar-refractivity contribution in [3.63, 3.8) is 0 Å². The Kier molecular flexibility index (Phi) is 5.99. The molecule has 0 spiro atoms. The fourth-order valence-corrected chi connectivity index (χ4v) is 5.17. The monoisotopic (exact) mass is 379 g/mol. The molecule has 1 atom stereocenters. The van der Waals surface area contributed by atoms with Gasteiger partial charge in [0.25, 0.3) is 5.91 Å². The molecule has 3 rings (SSSR count). The third kappa shape index (κ3) is 3.94. The first-order valence-corrected chi connectivity index (χ1v) is 11.0. The second kappa shape index (κ2) is 8.06. The lowest BCUT2D eigenvalue weighted by molar-refractivity contribution is 0.0579. The number of piperazine rings is 1. The highest BCUT2D eigenvalue weighted by Gasteiger charge is 2.28. The second-order valence-electron chi connectivity index (χ2n) is 7.22. The molecule has 1 aromatic carbocycles. The van der Waals surface area contributed by atoms with Crippen LogP contribution in [0.1, 0.15) is 43.5 Å². The van der Waals surface area contributed by atoms with Crippen LogP contribution in [-0.2, 0) is 10.0 Å². The third-order valence-corrected chi connectivity index (χ3v) is 7.53. The zero-order valence-electron chi connectivity index (χ0n) is 15.7. The summed E-state index contributed by atoms with van der Waals surface area (Å²) in [4.78, 5) is 17.3. The molecule has 6 nitrogen and oxygen atoms in total. The van der Waals surface area contributed by atoms with Gasteiger partial charge in [-0.05, 0) is 50.5 Å². The maximum absolute atomic E-state index is 12.7. The van der Waals surface area contributed by atoms with Gasteiger partial charge in [0, 0.05) is 50.9 Å². The van der Waals surface area contributed by atoms with E-state index in [2.05, 4.69) is 18.7 Å². The van der Waals surface area contributed by atoms with Crippen LogP contribution in [0.5, 0.6) is 0 Å². The van der Waals surface area contributed by atoms with Crippen LogP contribution in [-0.4, -0.2) is 73.7 Å². The third-order valence-electron chi connectivity index (χ3n) is 5.62. The Morgan fingerprint density at radius 3 is 2.12 bits per heavy atom. The number of carbonyl (C=O) groups is 1. The summed E-state index contributed by atoms with van der Waals surface area (Å²) >= 11 is 0. The van der Waals surface area contributed by atoms with E-state index in [1.807, 2.05) is 4.90 Å². The van der Waals surface area contributed by atoms with E-state index in [-0.39, 0.29) is 10.8 Å². The predicted molar refractivity (Wildman–Crippen MR) is 102 cm³/mol. The van der Waals surface area contributed by atoms with Crippen molar-refractivity contribution < 1.29 is 13.2 Å². The highest BCUT2D eigenvalue weighted by molar-refractivity contribution is 7.89. The summed E-state index contributed by atoms with van der Waals surface area (Å²) in [5.74, 6) is -0.0149. The molecule has 2 fully saturated rings. The maximum atomic E-state index is 12.7. The minimum absolute atomic E-state index is 0.0149. The van der Waals surface area contributed by atoms with Crippen molar-refractivity contribution in [3.8, 4) is 0 Å². The summed E-state index contributed by atoms with van der Waals surface area (Å²) in [5.41, 5.74) is 0.558.